The number of hydrogen-bond acceptors (Lipinski definition) is 3. The van der Waals surface area contributed by atoms with Crippen molar-refractivity contribution in [3.63, 3.8) is 0 Å². The van der Waals surface area contributed by atoms with Gasteiger partial charge in [0, 0.05) is 12.6 Å². The molecule has 1 unspecified atom stereocenters. The van der Waals surface area contributed by atoms with Gasteiger partial charge in [0.2, 0.25) is 0 Å². The first-order valence-corrected chi connectivity index (χ1v) is 7.52. The Bertz CT molecular complexity index is 396. The number of nitrogens with zero attached hydrogens (tertiary/aromatic N) is 1. The Morgan fingerprint density at radius 1 is 1.37 bits per heavy atom. The van der Waals surface area contributed by atoms with Crippen LogP contribution in [-0.2, 0) is 0 Å². The molecular formula is C15H25BrN2O. The minimum atomic E-state index is 0.251. The summed E-state index contributed by atoms with van der Waals surface area (Å²) in [5, 5.41) is 0. The molecule has 1 rings (SSSR count). The van der Waals surface area contributed by atoms with Gasteiger partial charge in [0.1, 0.15) is 5.75 Å². The molecule has 108 valence electrons. The zero-order valence-electron chi connectivity index (χ0n) is 12.3. The fourth-order valence-corrected chi connectivity index (χ4v) is 2.64. The summed E-state index contributed by atoms with van der Waals surface area (Å²) in [7, 11) is 3.81. The molecular weight excluding hydrogens is 304 g/mol. The Labute approximate surface area is 125 Å². The van der Waals surface area contributed by atoms with Gasteiger partial charge in [-0.25, -0.2) is 0 Å². The largest absolute Gasteiger partial charge is 0.496 e. The summed E-state index contributed by atoms with van der Waals surface area (Å²) in [5.41, 5.74) is 7.17. The first-order chi connectivity index (χ1) is 8.99. The highest BCUT2D eigenvalue weighted by molar-refractivity contribution is 9.10. The molecule has 0 saturated heterocycles. The minimum Gasteiger partial charge on any atom is -0.496 e. The molecule has 0 aliphatic rings. The van der Waals surface area contributed by atoms with Crippen LogP contribution in [0.3, 0.4) is 0 Å². The van der Waals surface area contributed by atoms with E-state index >= 15 is 0 Å². The van der Waals surface area contributed by atoms with E-state index in [1.807, 2.05) is 6.07 Å². The van der Waals surface area contributed by atoms with Gasteiger partial charge < -0.3 is 10.5 Å². The van der Waals surface area contributed by atoms with E-state index in [4.69, 9.17) is 10.5 Å². The third kappa shape index (κ3) is 4.79. The van der Waals surface area contributed by atoms with Crippen molar-refractivity contribution in [2.75, 3.05) is 27.2 Å². The summed E-state index contributed by atoms with van der Waals surface area (Å²) in [5.74, 6) is 1.56. The molecule has 0 aliphatic carbocycles. The molecule has 0 fully saturated rings. The number of likely N-dealkylation sites (N-methyl/N-ethyl adjacent to an activating group) is 1. The first-order valence-electron chi connectivity index (χ1n) is 6.73. The highest BCUT2D eigenvalue weighted by atomic mass is 79.9. The van der Waals surface area contributed by atoms with Crippen LogP contribution in [0.15, 0.2) is 22.7 Å². The second kappa shape index (κ2) is 7.88. The van der Waals surface area contributed by atoms with Crippen molar-refractivity contribution >= 4 is 15.9 Å². The van der Waals surface area contributed by atoms with Gasteiger partial charge >= 0.3 is 0 Å². The molecule has 19 heavy (non-hydrogen) atoms. The molecule has 1 aromatic rings. The number of methoxy groups -OCH3 is 1. The van der Waals surface area contributed by atoms with Gasteiger partial charge in [-0.15, -0.1) is 0 Å². The van der Waals surface area contributed by atoms with Crippen molar-refractivity contribution in [3.8, 4) is 5.75 Å². The van der Waals surface area contributed by atoms with Crippen molar-refractivity contribution in [1.82, 2.24) is 4.90 Å². The third-order valence-electron chi connectivity index (χ3n) is 3.38. The summed E-state index contributed by atoms with van der Waals surface area (Å²) in [4.78, 5) is 2.33. The number of ether oxygens (including phenoxy) is 1. The number of benzene rings is 1. The maximum Gasteiger partial charge on any atom is 0.133 e. The lowest BCUT2D eigenvalue weighted by molar-refractivity contribution is 0.236. The monoisotopic (exact) mass is 328 g/mol. The Morgan fingerprint density at radius 3 is 2.53 bits per heavy atom. The zero-order chi connectivity index (χ0) is 14.4. The fourth-order valence-electron chi connectivity index (χ4n) is 2.08. The van der Waals surface area contributed by atoms with Gasteiger partial charge in [-0.2, -0.15) is 0 Å². The SMILES string of the molecule is COc1ccc(C(CN)N(C)CCC(C)C)cc1Br. The van der Waals surface area contributed by atoms with Gasteiger partial charge in [-0.3, -0.25) is 4.90 Å². The number of hydrogen-bond donors (Lipinski definition) is 1. The number of rotatable bonds is 7. The van der Waals surface area contributed by atoms with E-state index in [9.17, 15) is 0 Å². The van der Waals surface area contributed by atoms with Crippen LogP contribution >= 0.6 is 15.9 Å². The smallest absolute Gasteiger partial charge is 0.133 e. The maximum absolute atomic E-state index is 5.94. The molecule has 0 bridgehead atoms. The van der Waals surface area contributed by atoms with Crippen molar-refractivity contribution in [3.05, 3.63) is 28.2 Å². The molecule has 0 aromatic heterocycles. The van der Waals surface area contributed by atoms with Crippen LogP contribution < -0.4 is 10.5 Å². The third-order valence-corrected chi connectivity index (χ3v) is 3.99. The average molecular weight is 329 g/mol. The normalized spacial score (nSPS) is 13.1. The van der Waals surface area contributed by atoms with E-state index in [1.54, 1.807) is 7.11 Å². The topological polar surface area (TPSA) is 38.5 Å². The van der Waals surface area contributed by atoms with Crippen LogP contribution in [0.25, 0.3) is 0 Å². The summed E-state index contributed by atoms with van der Waals surface area (Å²) in [6, 6.07) is 6.43. The van der Waals surface area contributed by atoms with Crippen molar-refractivity contribution in [1.29, 1.82) is 0 Å². The average Bonchev–Trinajstić information content (AvgIpc) is 2.37. The van der Waals surface area contributed by atoms with Crippen LogP contribution in [-0.4, -0.2) is 32.1 Å². The van der Waals surface area contributed by atoms with Gasteiger partial charge in [0.05, 0.1) is 11.6 Å². The zero-order valence-corrected chi connectivity index (χ0v) is 13.9. The van der Waals surface area contributed by atoms with E-state index in [0.717, 1.165) is 16.8 Å². The second-order valence-electron chi connectivity index (χ2n) is 5.31. The Hall–Kier alpha value is -0.580. The fraction of sp³-hybridized carbons (Fsp3) is 0.600. The van der Waals surface area contributed by atoms with E-state index in [0.29, 0.717) is 12.5 Å². The Kier molecular flexibility index (Phi) is 6.83. The summed E-state index contributed by atoms with van der Waals surface area (Å²) in [6.07, 6.45) is 1.18. The maximum atomic E-state index is 5.94. The number of halogens is 1. The molecule has 2 N–H and O–H groups in total. The lowest BCUT2D eigenvalue weighted by atomic mass is 10.0. The minimum absolute atomic E-state index is 0.251. The van der Waals surface area contributed by atoms with Crippen LogP contribution in [0.1, 0.15) is 31.9 Å². The standard InChI is InChI=1S/C15H25BrN2O/c1-11(2)7-8-18(3)14(10-17)12-5-6-15(19-4)13(16)9-12/h5-6,9,11,14H,7-8,10,17H2,1-4H3. The van der Waals surface area contributed by atoms with Gasteiger partial charge in [-0.05, 0) is 59.6 Å². The highest BCUT2D eigenvalue weighted by Gasteiger charge is 2.16. The Balaban J connectivity index is 2.81. The van der Waals surface area contributed by atoms with Crippen LogP contribution in [0.4, 0.5) is 0 Å². The Morgan fingerprint density at radius 2 is 2.05 bits per heavy atom. The quantitative estimate of drug-likeness (QED) is 0.833. The highest BCUT2D eigenvalue weighted by Crippen LogP contribution is 2.29. The van der Waals surface area contributed by atoms with Gasteiger partial charge in [0.25, 0.3) is 0 Å². The lowest BCUT2D eigenvalue weighted by Gasteiger charge is -2.28. The summed E-state index contributed by atoms with van der Waals surface area (Å²) < 4.78 is 6.24. The van der Waals surface area contributed by atoms with E-state index in [2.05, 4.69) is 53.9 Å². The summed E-state index contributed by atoms with van der Waals surface area (Å²) >= 11 is 3.53. The van der Waals surface area contributed by atoms with E-state index in [1.165, 1.54) is 12.0 Å². The van der Waals surface area contributed by atoms with Crippen molar-refractivity contribution in [2.24, 2.45) is 11.7 Å². The molecule has 0 heterocycles. The molecule has 0 aliphatic heterocycles. The van der Waals surface area contributed by atoms with E-state index in [-0.39, 0.29) is 6.04 Å². The second-order valence-corrected chi connectivity index (χ2v) is 6.16. The molecule has 1 aromatic carbocycles. The molecule has 4 heteroatoms. The predicted octanol–water partition coefficient (Wildman–Crippen LogP) is 3.44. The van der Waals surface area contributed by atoms with Crippen LogP contribution in [0.5, 0.6) is 5.75 Å². The number of nitrogens with two attached hydrogens (primary N) is 1. The van der Waals surface area contributed by atoms with Crippen LogP contribution in [0, 0.1) is 5.92 Å². The molecule has 0 amide bonds. The van der Waals surface area contributed by atoms with Gasteiger partial charge in [0.15, 0.2) is 0 Å². The van der Waals surface area contributed by atoms with E-state index < -0.39 is 0 Å². The van der Waals surface area contributed by atoms with Gasteiger partial charge in [-0.1, -0.05) is 19.9 Å². The molecule has 0 spiro atoms. The van der Waals surface area contributed by atoms with Crippen molar-refractivity contribution in [2.45, 2.75) is 26.3 Å². The van der Waals surface area contributed by atoms with Crippen molar-refractivity contribution < 1.29 is 4.74 Å². The molecule has 0 saturated carbocycles. The summed E-state index contributed by atoms with van der Waals surface area (Å²) in [6.45, 7) is 6.17. The lowest BCUT2D eigenvalue weighted by Crippen LogP contribution is -2.31. The van der Waals surface area contributed by atoms with Crippen LogP contribution in [0.2, 0.25) is 0 Å². The molecule has 1 atom stereocenters. The molecule has 3 nitrogen and oxygen atoms in total. The predicted molar refractivity (Wildman–Crippen MR) is 84.6 cm³/mol. The first kappa shape index (κ1) is 16.5. The molecule has 0 radical (unpaired) electrons.